The van der Waals surface area contributed by atoms with Gasteiger partial charge in [-0.1, -0.05) is 24.3 Å². The Bertz CT molecular complexity index is 703. The van der Waals surface area contributed by atoms with Gasteiger partial charge in [-0.05, 0) is 66.6 Å². The molecule has 0 atom stereocenters. The maximum Gasteiger partial charge on any atom is 0.170 e. The average Bonchev–Trinajstić information content (AvgIpc) is 2.69. The molecule has 0 bridgehead atoms. The molecule has 0 aliphatic carbocycles. The van der Waals surface area contributed by atoms with Gasteiger partial charge in [-0.2, -0.15) is 0 Å². The number of nitrogens with one attached hydrogen (secondary N) is 4. The lowest BCUT2D eigenvalue weighted by Crippen LogP contribution is -2.24. The lowest BCUT2D eigenvalue weighted by molar-refractivity contribution is 1.12. The van der Waals surface area contributed by atoms with Crippen LogP contribution in [0.3, 0.4) is 0 Å². The largest absolute Gasteiger partial charge is 0.366 e. The van der Waals surface area contributed by atoms with Gasteiger partial charge in [0.2, 0.25) is 0 Å². The fourth-order valence-corrected chi connectivity index (χ4v) is 4.50. The maximum atomic E-state index is 5.20. The van der Waals surface area contributed by atoms with E-state index in [0.29, 0.717) is 10.2 Å². The monoisotopic (exact) mass is 436 g/mol. The minimum atomic E-state index is 0.627. The molecular formula is C19H24N4S4. The first kappa shape index (κ1) is 21.8. The van der Waals surface area contributed by atoms with Gasteiger partial charge in [-0.15, -0.1) is 23.5 Å². The molecule has 0 amide bonds. The van der Waals surface area contributed by atoms with Crippen molar-refractivity contribution in [2.24, 2.45) is 0 Å². The zero-order chi connectivity index (χ0) is 19.5. The molecule has 2 aromatic carbocycles. The van der Waals surface area contributed by atoms with E-state index in [9.17, 15) is 0 Å². The van der Waals surface area contributed by atoms with E-state index in [1.54, 1.807) is 0 Å². The van der Waals surface area contributed by atoms with Crippen molar-refractivity contribution >= 4 is 69.6 Å². The Morgan fingerprint density at radius 2 is 1.15 bits per heavy atom. The van der Waals surface area contributed by atoms with Crippen LogP contribution >= 0.6 is 48.0 Å². The second-order valence-corrected chi connectivity index (χ2v) is 8.54. The van der Waals surface area contributed by atoms with Crippen molar-refractivity contribution in [3.8, 4) is 0 Å². The van der Waals surface area contributed by atoms with E-state index < -0.39 is 0 Å². The normalized spacial score (nSPS) is 10.1. The highest BCUT2D eigenvalue weighted by Gasteiger charge is 2.06. The van der Waals surface area contributed by atoms with Gasteiger partial charge in [0, 0.05) is 23.9 Å². The Morgan fingerprint density at radius 1 is 0.741 bits per heavy atom. The van der Waals surface area contributed by atoms with Crippen LogP contribution in [0.4, 0.5) is 11.4 Å². The van der Waals surface area contributed by atoms with Gasteiger partial charge < -0.3 is 21.3 Å². The summed E-state index contributed by atoms with van der Waals surface area (Å²) in [7, 11) is 3.64. The number of thiocarbonyl (C=S) groups is 2. The van der Waals surface area contributed by atoms with Crippen molar-refractivity contribution in [3.63, 3.8) is 0 Å². The standard InChI is InChI=1S/C19H24N4S4/c1-20-18(24)22-14-8-3-5-10-16(14)26-12-7-13-27-17-11-6-4-9-15(17)23-19(25)21-2/h3-6,8-11H,7,12-13H2,1-2H3,(H2,20,22,24)(H2,21,23,25). The van der Waals surface area contributed by atoms with E-state index in [1.807, 2.05) is 61.9 Å². The Morgan fingerprint density at radius 3 is 1.56 bits per heavy atom. The minimum absolute atomic E-state index is 0.627. The fraction of sp³-hybridized carbons (Fsp3) is 0.263. The molecule has 0 fully saturated rings. The molecule has 4 N–H and O–H groups in total. The fourth-order valence-electron chi connectivity index (χ4n) is 2.18. The summed E-state index contributed by atoms with van der Waals surface area (Å²) in [5, 5.41) is 13.6. The summed E-state index contributed by atoms with van der Waals surface area (Å²) in [4.78, 5) is 2.42. The Hall–Kier alpha value is -1.48. The summed E-state index contributed by atoms with van der Waals surface area (Å²) in [6.45, 7) is 0. The quantitative estimate of drug-likeness (QED) is 0.268. The number of thioether (sulfide) groups is 2. The molecule has 2 aromatic rings. The Labute approximate surface area is 180 Å². The van der Waals surface area contributed by atoms with E-state index in [-0.39, 0.29) is 0 Å². The highest BCUT2D eigenvalue weighted by atomic mass is 32.2. The molecule has 0 radical (unpaired) electrons. The van der Waals surface area contributed by atoms with Crippen LogP contribution in [0.25, 0.3) is 0 Å². The predicted molar refractivity (Wildman–Crippen MR) is 130 cm³/mol. The van der Waals surface area contributed by atoms with Crippen molar-refractivity contribution in [1.29, 1.82) is 0 Å². The van der Waals surface area contributed by atoms with Gasteiger partial charge in [0.15, 0.2) is 10.2 Å². The van der Waals surface area contributed by atoms with E-state index >= 15 is 0 Å². The SMILES string of the molecule is CNC(=S)Nc1ccccc1SCCCSc1ccccc1NC(=S)NC. The number of hydrogen-bond acceptors (Lipinski definition) is 4. The smallest absolute Gasteiger partial charge is 0.170 e. The number of benzene rings is 2. The van der Waals surface area contributed by atoms with Crippen molar-refractivity contribution in [3.05, 3.63) is 48.5 Å². The zero-order valence-electron chi connectivity index (χ0n) is 15.4. The highest BCUT2D eigenvalue weighted by molar-refractivity contribution is 8.00. The third-order valence-corrected chi connectivity index (χ3v) is 6.46. The predicted octanol–water partition coefficient (Wildman–Crippen LogP) is 4.79. The molecule has 0 unspecified atom stereocenters. The van der Waals surface area contributed by atoms with Crippen LogP contribution in [-0.2, 0) is 0 Å². The van der Waals surface area contributed by atoms with Crippen molar-refractivity contribution in [1.82, 2.24) is 10.6 Å². The lowest BCUT2D eigenvalue weighted by atomic mass is 10.3. The molecule has 0 saturated carbocycles. The molecule has 8 heteroatoms. The van der Waals surface area contributed by atoms with Crippen LogP contribution in [0.5, 0.6) is 0 Å². The van der Waals surface area contributed by atoms with Gasteiger partial charge in [-0.3, -0.25) is 0 Å². The molecule has 4 nitrogen and oxygen atoms in total. The highest BCUT2D eigenvalue weighted by Crippen LogP contribution is 2.30. The average molecular weight is 437 g/mol. The van der Waals surface area contributed by atoms with Crippen molar-refractivity contribution < 1.29 is 0 Å². The summed E-state index contributed by atoms with van der Waals surface area (Å²) in [5.74, 6) is 2.09. The molecule has 0 saturated heterocycles. The van der Waals surface area contributed by atoms with E-state index in [2.05, 4.69) is 45.5 Å². The topological polar surface area (TPSA) is 48.1 Å². The summed E-state index contributed by atoms with van der Waals surface area (Å²) < 4.78 is 0. The zero-order valence-corrected chi connectivity index (χ0v) is 18.6. The van der Waals surface area contributed by atoms with Gasteiger partial charge in [0.25, 0.3) is 0 Å². The molecule has 144 valence electrons. The van der Waals surface area contributed by atoms with Gasteiger partial charge in [0.1, 0.15) is 0 Å². The molecule has 0 aliphatic rings. The van der Waals surface area contributed by atoms with Crippen molar-refractivity contribution in [2.45, 2.75) is 16.2 Å². The van der Waals surface area contributed by atoms with Crippen LogP contribution in [-0.4, -0.2) is 35.8 Å². The Kier molecular flexibility index (Phi) is 9.75. The van der Waals surface area contributed by atoms with Crippen LogP contribution in [0, 0.1) is 0 Å². The second kappa shape index (κ2) is 12.1. The number of hydrogen-bond donors (Lipinski definition) is 4. The summed E-state index contributed by atoms with van der Waals surface area (Å²) >= 11 is 14.1. The molecule has 27 heavy (non-hydrogen) atoms. The first-order chi connectivity index (χ1) is 13.1. The minimum Gasteiger partial charge on any atom is -0.366 e. The maximum absolute atomic E-state index is 5.20. The lowest BCUT2D eigenvalue weighted by Gasteiger charge is -2.13. The summed E-state index contributed by atoms with van der Waals surface area (Å²) in [6.07, 6.45) is 1.10. The number of rotatable bonds is 8. The van der Waals surface area contributed by atoms with Crippen LogP contribution in [0.15, 0.2) is 58.3 Å². The molecular weight excluding hydrogens is 413 g/mol. The molecule has 0 spiro atoms. The van der Waals surface area contributed by atoms with Gasteiger partial charge in [0.05, 0.1) is 11.4 Å². The molecule has 2 rings (SSSR count). The Balaban J connectivity index is 1.82. The van der Waals surface area contributed by atoms with Crippen LogP contribution in [0.2, 0.25) is 0 Å². The molecule has 0 heterocycles. The third kappa shape index (κ3) is 7.57. The first-order valence-corrected chi connectivity index (χ1v) is 11.3. The van der Waals surface area contributed by atoms with Crippen LogP contribution in [0.1, 0.15) is 6.42 Å². The summed E-state index contributed by atoms with van der Waals surface area (Å²) in [5.41, 5.74) is 2.09. The molecule has 0 aromatic heterocycles. The van der Waals surface area contributed by atoms with Crippen LogP contribution < -0.4 is 21.3 Å². The summed E-state index contributed by atoms with van der Waals surface area (Å²) in [6, 6.07) is 16.5. The van der Waals surface area contributed by atoms with Gasteiger partial charge in [-0.25, -0.2) is 0 Å². The second-order valence-electron chi connectivity index (χ2n) is 5.45. The van der Waals surface area contributed by atoms with E-state index in [0.717, 1.165) is 29.3 Å². The van der Waals surface area contributed by atoms with E-state index in [1.165, 1.54) is 9.79 Å². The first-order valence-electron chi connectivity index (χ1n) is 8.55. The van der Waals surface area contributed by atoms with Gasteiger partial charge >= 0.3 is 0 Å². The van der Waals surface area contributed by atoms with Crippen molar-refractivity contribution in [2.75, 3.05) is 36.2 Å². The third-order valence-electron chi connectivity index (χ3n) is 3.53. The molecule has 0 aliphatic heterocycles. The van der Waals surface area contributed by atoms with E-state index in [4.69, 9.17) is 24.4 Å². The number of para-hydroxylation sites is 2. The number of anilines is 2.